The van der Waals surface area contributed by atoms with Gasteiger partial charge in [-0.15, -0.1) is 0 Å². The molecule has 1 fully saturated rings. The van der Waals surface area contributed by atoms with Crippen molar-refractivity contribution in [1.82, 2.24) is 0 Å². The molecule has 1 saturated heterocycles. The van der Waals surface area contributed by atoms with Crippen molar-refractivity contribution in [3.05, 3.63) is 23.8 Å². The molecule has 1 aliphatic heterocycles. The van der Waals surface area contributed by atoms with Gasteiger partial charge in [-0.3, -0.25) is 0 Å². The van der Waals surface area contributed by atoms with Crippen LogP contribution < -0.4 is 0 Å². The van der Waals surface area contributed by atoms with Gasteiger partial charge in [0.25, 0.3) is 0 Å². The predicted octanol–water partition coefficient (Wildman–Crippen LogP) is 4.65. The fourth-order valence-corrected chi connectivity index (χ4v) is 3.76. The molecule has 1 heterocycles. The highest BCUT2D eigenvalue weighted by atomic mass is 16.6. The second kappa shape index (κ2) is 7.72. The number of ether oxygens (including phenoxy) is 2. The molecule has 0 radical (unpaired) electrons. The predicted molar refractivity (Wildman–Crippen MR) is 99.0 cm³/mol. The topological polar surface area (TPSA) is 42.0 Å². The van der Waals surface area contributed by atoms with E-state index in [1.54, 1.807) is 7.11 Å². The lowest BCUT2D eigenvalue weighted by atomic mass is 9.85. The first-order valence-electron chi connectivity index (χ1n) is 9.45. The third-order valence-electron chi connectivity index (χ3n) is 5.93. The average Bonchev–Trinajstić information content (AvgIpc) is 3.18. The molecule has 24 heavy (non-hydrogen) atoms. The molecule has 0 aromatic carbocycles. The molecule has 0 aromatic rings. The quantitative estimate of drug-likeness (QED) is 0.589. The summed E-state index contributed by atoms with van der Waals surface area (Å²) in [5.74, 6) is 1.13. The van der Waals surface area contributed by atoms with Gasteiger partial charge >= 0.3 is 0 Å². The van der Waals surface area contributed by atoms with E-state index < -0.39 is 11.7 Å². The summed E-state index contributed by atoms with van der Waals surface area (Å²) < 4.78 is 11.6. The zero-order valence-corrected chi connectivity index (χ0v) is 16.3. The first-order chi connectivity index (χ1) is 11.2. The van der Waals surface area contributed by atoms with Crippen LogP contribution in [0.4, 0.5) is 0 Å². The monoisotopic (exact) mass is 336 g/mol. The highest BCUT2D eigenvalue weighted by Crippen LogP contribution is 2.44. The molecule has 0 unspecified atom stereocenters. The number of aliphatic hydroxyl groups excluding tert-OH is 1. The summed E-state index contributed by atoms with van der Waals surface area (Å²) >= 11 is 0. The number of aliphatic hydroxyl groups is 1. The maximum Gasteiger partial charge on any atom is 0.113 e. The molecule has 0 amide bonds. The second-order valence-corrected chi connectivity index (χ2v) is 8.53. The smallest absolute Gasteiger partial charge is 0.113 e. The van der Waals surface area contributed by atoms with E-state index in [1.165, 1.54) is 5.57 Å². The van der Waals surface area contributed by atoms with Crippen molar-refractivity contribution in [2.24, 2.45) is 11.8 Å². The highest BCUT2D eigenvalue weighted by molar-refractivity contribution is 5.11. The van der Waals surface area contributed by atoms with E-state index in [0.29, 0.717) is 18.3 Å². The Kier molecular flexibility index (Phi) is 6.33. The Balaban J connectivity index is 2.21. The van der Waals surface area contributed by atoms with Gasteiger partial charge in [0.05, 0.1) is 17.3 Å². The zero-order chi connectivity index (χ0) is 18.0. The summed E-state index contributed by atoms with van der Waals surface area (Å²) in [6.45, 7) is 11.0. The van der Waals surface area contributed by atoms with Crippen molar-refractivity contribution in [3.63, 3.8) is 0 Å². The maximum absolute atomic E-state index is 10.6. The van der Waals surface area contributed by atoms with E-state index in [2.05, 4.69) is 52.8 Å². The lowest BCUT2D eigenvalue weighted by molar-refractivity contribution is -0.00579. The fourth-order valence-electron chi connectivity index (χ4n) is 3.76. The molecule has 1 aliphatic carbocycles. The van der Waals surface area contributed by atoms with Gasteiger partial charge in [0, 0.05) is 13.5 Å². The van der Waals surface area contributed by atoms with Gasteiger partial charge in [-0.1, -0.05) is 37.6 Å². The second-order valence-electron chi connectivity index (χ2n) is 8.53. The lowest BCUT2D eigenvalue weighted by Gasteiger charge is -2.28. The van der Waals surface area contributed by atoms with Crippen LogP contribution in [-0.4, -0.2) is 35.6 Å². The third-order valence-corrected chi connectivity index (χ3v) is 5.93. The molecule has 2 aliphatic rings. The molecule has 0 saturated carbocycles. The van der Waals surface area contributed by atoms with Crippen LogP contribution in [0.3, 0.4) is 0 Å². The van der Waals surface area contributed by atoms with E-state index in [1.807, 2.05) is 0 Å². The largest absolute Gasteiger partial charge is 0.390 e. The van der Waals surface area contributed by atoms with Crippen LogP contribution in [0, 0.1) is 11.8 Å². The van der Waals surface area contributed by atoms with Crippen molar-refractivity contribution in [3.8, 4) is 0 Å². The van der Waals surface area contributed by atoms with Crippen LogP contribution in [0.1, 0.15) is 66.7 Å². The molecule has 0 bridgehead atoms. The van der Waals surface area contributed by atoms with Crippen molar-refractivity contribution >= 4 is 0 Å². The normalized spacial score (nSPS) is 41.5. The summed E-state index contributed by atoms with van der Waals surface area (Å²) in [6, 6.07) is 0. The Morgan fingerprint density at radius 3 is 2.67 bits per heavy atom. The van der Waals surface area contributed by atoms with E-state index in [-0.39, 0.29) is 11.7 Å². The van der Waals surface area contributed by atoms with Crippen molar-refractivity contribution < 1.29 is 14.6 Å². The minimum Gasteiger partial charge on any atom is -0.390 e. The molecule has 3 heteroatoms. The molecule has 5 atom stereocenters. The van der Waals surface area contributed by atoms with E-state index in [0.717, 1.165) is 25.7 Å². The number of hydrogen-bond donors (Lipinski definition) is 1. The van der Waals surface area contributed by atoms with Crippen molar-refractivity contribution in [2.75, 3.05) is 7.11 Å². The lowest BCUT2D eigenvalue weighted by Crippen LogP contribution is -2.34. The summed E-state index contributed by atoms with van der Waals surface area (Å²) in [7, 11) is 1.73. The number of hydrogen-bond acceptors (Lipinski definition) is 3. The third kappa shape index (κ3) is 4.93. The van der Waals surface area contributed by atoms with Gasteiger partial charge in [0.2, 0.25) is 0 Å². The first kappa shape index (κ1) is 19.7. The average molecular weight is 337 g/mol. The van der Waals surface area contributed by atoms with Crippen molar-refractivity contribution in [1.29, 1.82) is 0 Å². The Bertz CT molecular complexity index is 481. The Morgan fingerprint density at radius 1 is 1.33 bits per heavy atom. The zero-order valence-electron chi connectivity index (χ0n) is 16.3. The van der Waals surface area contributed by atoms with Crippen LogP contribution in [0.2, 0.25) is 0 Å². The molecule has 0 aromatic heterocycles. The van der Waals surface area contributed by atoms with Crippen LogP contribution >= 0.6 is 0 Å². The van der Waals surface area contributed by atoms with Crippen LogP contribution in [0.15, 0.2) is 23.8 Å². The molecular weight excluding hydrogens is 300 g/mol. The number of epoxide rings is 1. The summed E-state index contributed by atoms with van der Waals surface area (Å²) in [5.41, 5.74) is 0.829. The number of rotatable bonds is 2. The summed E-state index contributed by atoms with van der Waals surface area (Å²) in [4.78, 5) is 0. The first-order valence-corrected chi connectivity index (χ1v) is 9.45. The molecule has 2 rings (SSSR count). The van der Waals surface area contributed by atoms with Gasteiger partial charge in [-0.2, -0.15) is 0 Å². The highest BCUT2D eigenvalue weighted by Gasteiger charge is 2.56. The van der Waals surface area contributed by atoms with Crippen LogP contribution in [0.5, 0.6) is 0 Å². The molecule has 138 valence electrons. The SMILES string of the molecule is CO[C@@]1(C)C=C[C@H](C(C)C)CCC(C)=CCC[C@]2(C)O[C@@H]2[C@H](O)C1. The number of allylic oxidation sites excluding steroid dienone is 3. The summed E-state index contributed by atoms with van der Waals surface area (Å²) in [6.07, 6.45) is 11.1. The van der Waals surface area contributed by atoms with Gasteiger partial charge < -0.3 is 14.6 Å². The number of methoxy groups -OCH3 is 1. The van der Waals surface area contributed by atoms with Crippen LogP contribution in [-0.2, 0) is 9.47 Å². The fraction of sp³-hybridized carbons (Fsp3) is 0.810. The maximum atomic E-state index is 10.6. The van der Waals surface area contributed by atoms with Crippen LogP contribution in [0.25, 0.3) is 0 Å². The minimum absolute atomic E-state index is 0.0714. The Hall–Kier alpha value is -0.640. The Labute approximate surface area is 148 Å². The minimum atomic E-state index is -0.491. The molecule has 3 nitrogen and oxygen atoms in total. The van der Waals surface area contributed by atoms with Crippen molar-refractivity contribution in [2.45, 2.75) is 90.1 Å². The van der Waals surface area contributed by atoms with E-state index in [9.17, 15) is 5.11 Å². The van der Waals surface area contributed by atoms with E-state index >= 15 is 0 Å². The number of fused-ring (bicyclic) bond motifs is 1. The molecule has 1 N–H and O–H groups in total. The van der Waals surface area contributed by atoms with Gasteiger partial charge in [-0.25, -0.2) is 0 Å². The van der Waals surface area contributed by atoms with Gasteiger partial charge in [0.15, 0.2) is 0 Å². The van der Waals surface area contributed by atoms with Gasteiger partial charge in [-0.05, 0) is 58.3 Å². The van der Waals surface area contributed by atoms with E-state index in [4.69, 9.17) is 9.47 Å². The summed E-state index contributed by atoms with van der Waals surface area (Å²) in [5, 5.41) is 10.6. The Morgan fingerprint density at radius 2 is 2.04 bits per heavy atom. The molecular formula is C21H36O3. The molecule has 0 spiro atoms. The standard InChI is InChI=1S/C21H36O3/c1-15(2)17-10-9-16(3)8-7-12-21(5)19(24-21)18(22)14-20(4,23-6)13-11-17/h8,11,13,15,17-19,22H,7,9-10,12,14H2,1-6H3/t17-,18-,19-,20+,21+/m1/s1. The van der Waals surface area contributed by atoms with Gasteiger partial charge in [0.1, 0.15) is 6.10 Å².